The topological polar surface area (TPSA) is 58.2 Å². The smallest absolute Gasteiger partial charge is 0.238 e. The van der Waals surface area contributed by atoms with Crippen molar-refractivity contribution in [2.24, 2.45) is 0 Å². The van der Waals surface area contributed by atoms with Gasteiger partial charge in [0.05, 0.1) is 6.04 Å². The number of hydrogen-bond donors (Lipinski definition) is 2. The van der Waals surface area contributed by atoms with E-state index in [-0.39, 0.29) is 18.2 Å². The Bertz CT molecular complexity index is 1360. The van der Waals surface area contributed by atoms with Gasteiger partial charge in [0.25, 0.3) is 0 Å². The van der Waals surface area contributed by atoms with Crippen LogP contribution in [0.3, 0.4) is 0 Å². The maximum absolute atomic E-state index is 14.0. The van der Waals surface area contributed by atoms with Crippen LogP contribution in [-0.4, -0.2) is 11.8 Å². The van der Waals surface area contributed by atoms with E-state index in [1.165, 1.54) is 0 Å². The van der Waals surface area contributed by atoms with Crippen LogP contribution in [-0.2, 0) is 15.0 Å². The van der Waals surface area contributed by atoms with Crippen LogP contribution in [0, 0.1) is 19.3 Å². The van der Waals surface area contributed by atoms with Gasteiger partial charge in [-0.25, -0.2) is 0 Å². The maximum atomic E-state index is 14.0. The van der Waals surface area contributed by atoms with E-state index in [0.29, 0.717) is 21.3 Å². The molecule has 2 amide bonds. The molecule has 5 rings (SSSR count). The third-order valence-corrected chi connectivity index (χ3v) is 7.23. The van der Waals surface area contributed by atoms with Crippen molar-refractivity contribution in [3.63, 3.8) is 0 Å². The molecule has 0 aromatic heterocycles. The lowest BCUT2D eigenvalue weighted by Gasteiger charge is -2.46. The van der Waals surface area contributed by atoms with Crippen LogP contribution in [0.4, 0.5) is 5.69 Å². The van der Waals surface area contributed by atoms with Gasteiger partial charge in [-0.15, -0.1) is 6.42 Å². The first-order valence-corrected chi connectivity index (χ1v) is 11.3. The third kappa shape index (κ3) is 3.31. The summed E-state index contributed by atoms with van der Waals surface area (Å²) in [6, 6.07) is 17.8. The molecular weight excluding hydrogens is 455 g/mol. The molecule has 2 aliphatic heterocycles. The molecule has 2 heterocycles. The Morgan fingerprint density at radius 2 is 1.82 bits per heavy atom. The minimum absolute atomic E-state index is 0.139. The number of carbonyl (C=O) groups is 2. The summed E-state index contributed by atoms with van der Waals surface area (Å²) < 4.78 is 0. The van der Waals surface area contributed by atoms with Crippen LogP contribution in [0.15, 0.2) is 60.7 Å². The van der Waals surface area contributed by atoms with E-state index in [0.717, 1.165) is 22.3 Å². The van der Waals surface area contributed by atoms with Gasteiger partial charge >= 0.3 is 0 Å². The zero-order valence-corrected chi connectivity index (χ0v) is 19.3. The van der Waals surface area contributed by atoms with Crippen molar-refractivity contribution in [2.45, 2.75) is 30.7 Å². The summed E-state index contributed by atoms with van der Waals surface area (Å²) in [7, 11) is 0. The second kappa shape index (κ2) is 7.95. The average molecular weight is 475 g/mol. The Morgan fingerprint density at radius 1 is 1.03 bits per heavy atom. The van der Waals surface area contributed by atoms with Gasteiger partial charge in [0.15, 0.2) is 0 Å². The summed E-state index contributed by atoms with van der Waals surface area (Å²) in [6.07, 6.45) is 5.82. The van der Waals surface area contributed by atoms with E-state index >= 15 is 0 Å². The molecule has 0 bridgehead atoms. The van der Waals surface area contributed by atoms with Crippen molar-refractivity contribution in [3.05, 3.63) is 98.5 Å². The van der Waals surface area contributed by atoms with Gasteiger partial charge in [0.2, 0.25) is 11.8 Å². The fraction of sp³-hybridized carbons (Fsp3) is 0.185. The molecule has 2 aliphatic rings. The van der Waals surface area contributed by atoms with Crippen molar-refractivity contribution in [3.8, 4) is 12.3 Å². The van der Waals surface area contributed by atoms with Crippen molar-refractivity contribution in [1.29, 1.82) is 0 Å². The average Bonchev–Trinajstić information content (AvgIpc) is 3.07. The second-order valence-corrected chi connectivity index (χ2v) is 9.41. The van der Waals surface area contributed by atoms with Gasteiger partial charge in [-0.05, 0) is 65.6 Å². The Hall–Kier alpha value is -3.26. The molecule has 4 nitrogen and oxygen atoms in total. The van der Waals surface area contributed by atoms with Gasteiger partial charge in [0, 0.05) is 33.6 Å². The molecule has 1 spiro atoms. The van der Waals surface area contributed by atoms with Gasteiger partial charge < -0.3 is 10.6 Å². The first-order valence-electron chi connectivity index (χ1n) is 10.6. The highest BCUT2D eigenvalue weighted by molar-refractivity contribution is 6.31. The lowest BCUT2D eigenvalue weighted by Crippen LogP contribution is -2.57. The summed E-state index contributed by atoms with van der Waals surface area (Å²) in [6.45, 7) is 1.95. The maximum Gasteiger partial charge on any atom is 0.238 e. The Kier molecular flexibility index (Phi) is 5.20. The first-order chi connectivity index (χ1) is 15.8. The number of fused-ring (bicyclic) bond motifs is 2. The first kappa shape index (κ1) is 21.6. The molecule has 33 heavy (non-hydrogen) atoms. The molecule has 6 heteroatoms. The third-order valence-electron chi connectivity index (χ3n) is 6.76. The molecule has 3 atom stereocenters. The predicted octanol–water partition coefficient (Wildman–Crippen LogP) is 5.52. The highest BCUT2D eigenvalue weighted by Gasteiger charge is 2.61. The number of hydrogen-bond acceptors (Lipinski definition) is 2. The van der Waals surface area contributed by atoms with Crippen LogP contribution < -0.4 is 10.6 Å². The molecule has 0 aliphatic carbocycles. The van der Waals surface area contributed by atoms with Gasteiger partial charge in [0.1, 0.15) is 5.41 Å². The lowest BCUT2D eigenvalue weighted by molar-refractivity contribution is -0.131. The van der Waals surface area contributed by atoms with E-state index in [4.69, 9.17) is 29.6 Å². The lowest BCUT2D eigenvalue weighted by atomic mass is 9.59. The predicted molar refractivity (Wildman–Crippen MR) is 131 cm³/mol. The van der Waals surface area contributed by atoms with Crippen LogP contribution in [0.5, 0.6) is 0 Å². The summed E-state index contributed by atoms with van der Waals surface area (Å²) in [5.74, 6) is 1.87. The standard InChI is InChI=1S/C27H20Cl2N2O2/c1-3-16-8-7-15(2)20(11-16)25-27(21-10-9-19(29)13-23(21)30-26(27)33)22(14-24(32)31-25)17-5-4-6-18(28)12-17/h1,4-13,22,25H,14H2,2H3,(H,30,33)(H,31,32)/t22-,25+,27-/m0/s1. The number of nitrogens with one attached hydrogen (secondary N) is 2. The SMILES string of the molecule is C#Cc1ccc(C)c([C@H]2NC(=O)C[C@@H](c3cccc(Cl)c3)[C@]23C(=O)Nc2cc(Cl)ccc23)c1. The fourth-order valence-corrected chi connectivity index (χ4v) is 5.68. The zero-order valence-electron chi connectivity index (χ0n) is 17.8. The fourth-order valence-electron chi connectivity index (χ4n) is 5.31. The second-order valence-electron chi connectivity index (χ2n) is 8.54. The summed E-state index contributed by atoms with van der Waals surface area (Å²) in [4.78, 5) is 27.0. The monoisotopic (exact) mass is 474 g/mol. The molecular formula is C27H20Cl2N2O2. The number of aryl methyl sites for hydroxylation is 1. The quantitative estimate of drug-likeness (QED) is 0.480. The molecule has 1 saturated heterocycles. The Labute approximate surface area is 202 Å². The zero-order chi connectivity index (χ0) is 23.3. The molecule has 0 saturated carbocycles. The number of rotatable bonds is 2. The van der Waals surface area contributed by atoms with E-state index in [9.17, 15) is 9.59 Å². The molecule has 164 valence electrons. The highest BCUT2D eigenvalue weighted by atomic mass is 35.5. The van der Waals surface area contributed by atoms with Crippen molar-refractivity contribution >= 4 is 40.7 Å². The number of benzene rings is 3. The number of terminal acetylenes is 1. The van der Waals surface area contributed by atoms with E-state index in [1.807, 2.05) is 49.4 Å². The Morgan fingerprint density at radius 3 is 2.58 bits per heavy atom. The van der Waals surface area contributed by atoms with Gasteiger partial charge in [-0.3, -0.25) is 9.59 Å². The van der Waals surface area contributed by atoms with Crippen LogP contribution in [0.25, 0.3) is 0 Å². The molecule has 0 radical (unpaired) electrons. The van der Waals surface area contributed by atoms with E-state index in [1.54, 1.807) is 18.2 Å². The minimum atomic E-state index is -1.11. The number of carbonyl (C=O) groups excluding carboxylic acids is 2. The van der Waals surface area contributed by atoms with Gasteiger partial charge in [-0.1, -0.05) is 53.4 Å². The minimum Gasteiger partial charge on any atom is -0.348 e. The van der Waals surface area contributed by atoms with Crippen molar-refractivity contribution in [1.82, 2.24) is 5.32 Å². The summed E-state index contributed by atoms with van der Waals surface area (Å²) in [5, 5.41) is 7.22. The molecule has 2 N–H and O–H groups in total. The molecule has 3 aromatic rings. The largest absolute Gasteiger partial charge is 0.348 e. The molecule has 3 aromatic carbocycles. The Balaban J connectivity index is 1.84. The summed E-state index contributed by atoms with van der Waals surface area (Å²) >= 11 is 12.6. The number of halogens is 2. The van der Waals surface area contributed by atoms with Crippen LogP contribution in [0.1, 0.15) is 46.2 Å². The number of piperidine rings is 1. The van der Waals surface area contributed by atoms with Crippen LogP contribution in [0.2, 0.25) is 10.0 Å². The number of anilines is 1. The van der Waals surface area contributed by atoms with Gasteiger partial charge in [-0.2, -0.15) is 0 Å². The van der Waals surface area contributed by atoms with E-state index in [2.05, 4.69) is 16.6 Å². The highest BCUT2D eigenvalue weighted by Crippen LogP contribution is 2.57. The van der Waals surface area contributed by atoms with E-state index < -0.39 is 17.4 Å². The van der Waals surface area contributed by atoms with Crippen molar-refractivity contribution in [2.75, 3.05) is 5.32 Å². The van der Waals surface area contributed by atoms with Crippen molar-refractivity contribution < 1.29 is 9.59 Å². The van der Waals surface area contributed by atoms with Crippen LogP contribution >= 0.6 is 23.2 Å². The molecule has 0 unspecified atom stereocenters. The molecule has 1 fully saturated rings. The summed E-state index contributed by atoms with van der Waals surface area (Å²) in [5.41, 5.74) is 3.56. The number of amides is 2. The normalized spacial score (nSPS) is 23.6.